The van der Waals surface area contributed by atoms with Crippen LogP contribution in [0.5, 0.6) is 5.75 Å². The van der Waals surface area contributed by atoms with Crippen molar-refractivity contribution in [1.82, 2.24) is 5.32 Å². The fourth-order valence-corrected chi connectivity index (χ4v) is 3.79. The van der Waals surface area contributed by atoms with Gasteiger partial charge in [-0.15, -0.1) is 0 Å². The smallest absolute Gasteiger partial charge is 0.471 e. The molecule has 5 nitrogen and oxygen atoms in total. The van der Waals surface area contributed by atoms with Crippen LogP contribution in [0, 0.1) is 6.92 Å². The number of aromatic hydroxyl groups is 1. The molecule has 0 fully saturated rings. The highest BCUT2D eigenvalue weighted by Gasteiger charge is 2.39. The maximum absolute atomic E-state index is 12.6. The lowest BCUT2D eigenvalue weighted by molar-refractivity contribution is -0.174. The van der Waals surface area contributed by atoms with Crippen molar-refractivity contribution in [1.29, 1.82) is 0 Å². The van der Waals surface area contributed by atoms with Gasteiger partial charge in [0.25, 0.3) is 0 Å². The molecule has 1 unspecified atom stereocenters. The number of rotatable bonds is 5. The Balaban J connectivity index is 2.14. The van der Waals surface area contributed by atoms with Crippen molar-refractivity contribution in [2.45, 2.75) is 42.3 Å². The van der Waals surface area contributed by atoms with Crippen LogP contribution in [0.2, 0.25) is 0 Å². The Hall–Kier alpha value is -2.55. The first kappa shape index (κ1) is 20.8. The molecule has 1 amide bonds. The summed E-state index contributed by atoms with van der Waals surface area (Å²) in [7, 11) is -3.79. The van der Waals surface area contributed by atoms with Crippen molar-refractivity contribution in [3.63, 3.8) is 0 Å². The Morgan fingerprint density at radius 3 is 2.19 bits per heavy atom. The van der Waals surface area contributed by atoms with Crippen LogP contribution < -0.4 is 5.32 Å². The number of amides is 1. The minimum Gasteiger partial charge on any atom is -0.508 e. The van der Waals surface area contributed by atoms with E-state index in [1.165, 1.54) is 49.4 Å². The topological polar surface area (TPSA) is 83.5 Å². The fraction of sp³-hybridized carbons (Fsp3) is 0.278. The zero-order chi connectivity index (χ0) is 20.4. The lowest BCUT2D eigenvalue weighted by atomic mass is 10.1. The molecule has 2 N–H and O–H groups in total. The standard InChI is InChI=1S/C18H18F3NO4S/c1-11-9-15(7-8-16(11)23)27(25,26)14-5-3-13(4-6-14)10-12(2)22-17(24)18(19,20)21/h3-9,12,23H,10H2,1-2H3,(H,22,24). The SMILES string of the molecule is Cc1cc(S(=O)(=O)c2ccc(CC(C)NC(=O)C(F)(F)F)cc2)ccc1O. The third-order valence-electron chi connectivity index (χ3n) is 3.89. The van der Waals surface area contributed by atoms with Gasteiger partial charge in [0.05, 0.1) is 9.79 Å². The molecule has 0 aliphatic heterocycles. The molecule has 0 aliphatic carbocycles. The average Bonchev–Trinajstić information content (AvgIpc) is 2.56. The number of sulfone groups is 1. The lowest BCUT2D eigenvalue weighted by Gasteiger charge is -2.15. The molecule has 9 heteroatoms. The molecule has 0 saturated heterocycles. The molecule has 146 valence electrons. The maximum Gasteiger partial charge on any atom is 0.471 e. The van der Waals surface area contributed by atoms with E-state index in [4.69, 9.17) is 0 Å². The second-order valence-corrected chi connectivity index (χ2v) is 8.12. The molecule has 2 aromatic carbocycles. The number of hydrogen-bond donors (Lipinski definition) is 2. The van der Waals surface area contributed by atoms with Gasteiger partial charge in [0.1, 0.15) is 5.75 Å². The minimum absolute atomic E-state index is 0.0146. The van der Waals surface area contributed by atoms with Gasteiger partial charge < -0.3 is 10.4 Å². The van der Waals surface area contributed by atoms with Crippen LogP contribution in [0.1, 0.15) is 18.1 Å². The Kier molecular flexibility index (Phi) is 5.84. The summed E-state index contributed by atoms with van der Waals surface area (Å²) in [6.45, 7) is 3.00. The Labute approximate surface area is 154 Å². The zero-order valence-corrected chi connectivity index (χ0v) is 15.4. The Bertz CT molecular complexity index is 938. The summed E-state index contributed by atoms with van der Waals surface area (Å²) < 4.78 is 62.0. The molecule has 0 radical (unpaired) electrons. The van der Waals surface area contributed by atoms with Crippen LogP contribution in [0.25, 0.3) is 0 Å². The number of carbonyl (C=O) groups excluding carboxylic acids is 1. The minimum atomic E-state index is -4.95. The van der Waals surface area contributed by atoms with Crippen molar-refractivity contribution < 1.29 is 31.5 Å². The highest BCUT2D eigenvalue weighted by molar-refractivity contribution is 7.91. The summed E-state index contributed by atoms with van der Waals surface area (Å²) >= 11 is 0. The van der Waals surface area contributed by atoms with Gasteiger partial charge in [-0.05, 0) is 61.7 Å². The second-order valence-electron chi connectivity index (χ2n) is 6.17. The number of nitrogens with one attached hydrogen (secondary N) is 1. The van der Waals surface area contributed by atoms with E-state index in [1.807, 2.05) is 5.32 Å². The summed E-state index contributed by atoms with van der Waals surface area (Å²) in [5.74, 6) is -2.03. The lowest BCUT2D eigenvalue weighted by Crippen LogP contribution is -2.42. The van der Waals surface area contributed by atoms with Crippen LogP contribution >= 0.6 is 0 Å². The van der Waals surface area contributed by atoms with E-state index in [0.717, 1.165) is 0 Å². The van der Waals surface area contributed by atoms with Crippen LogP contribution in [0.15, 0.2) is 52.3 Å². The number of hydrogen-bond acceptors (Lipinski definition) is 4. The number of alkyl halides is 3. The van der Waals surface area contributed by atoms with E-state index in [-0.39, 0.29) is 22.0 Å². The molecule has 0 aliphatic rings. The highest BCUT2D eigenvalue weighted by atomic mass is 32.2. The first-order chi connectivity index (χ1) is 12.4. The van der Waals surface area contributed by atoms with Crippen molar-refractivity contribution in [3.8, 4) is 5.75 Å². The summed E-state index contributed by atoms with van der Waals surface area (Å²) in [4.78, 5) is 11.0. The number of benzene rings is 2. The Morgan fingerprint density at radius 2 is 1.67 bits per heavy atom. The van der Waals surface area contributed by atoms with E-state index in [1.54, 1.807) is 6.92 Å². The first-order valence-electron chi connectivity index (χ1n) is 7.92. The van der Waals surface area contributed by atoms with Crippen molar-refractivity contribution in [2.24, 2.45) is 0 Å². The molecule has 0 spiro atoms. The molecule has 2 rings (SSSR count). The quantitative estimate of drug-likeness (QED) is 0.806. The van der Waals surface area contributed by atoms with Gasteiger partial charge in [0.2, 0.25) is 9.84 Å². The number of carbonyl (C=O) groups is 1. The molecule has 0 heterocycles. The Morgan fingerprint density at radius 1 is 1.11 bits per heavy atom. The van der Waals surface area contributed by atoms with E-state index >= 15 is 0 Å². The number of phenolic OH excluding ortho intramolecular Hbond substituents is 1. The van der Waals surface area contributed by atoms with Crippen molar-refractivity contribution >= 4 is 15.7 Å². The summed E-state index contributed by atoms with van der Waals surface area (Å²) in [5.41, 5.74) is 0.993. The molecule has 0 aromatic heterocycles. The van der Waals surface area contributed by atoms with Crippen LogP contribution in [-0.4, -0.2) is 31.6 Å². The molecule has 0 saturated carbocycles. The predicted molar refractivity (Wildman–Crippen MR) is 92.1 cm³/mol. The van der Waals surface area contributed by atoms with E-state index in [0.29, 0.717) is 11.1 Å². The van der Waals surface area contributed by atoms with E-state index in [9.17, 15) is 31.5 Å². The van der Waals surface area contributed by atoms with Gasteiger partial charge in [-0.3, -0.25) is 4.79 Å². The molecular weight excluding hydrogens is 383 g/mol. The summed E-state index contributed by atoms with van der Waals surface area (Å²) in [6.07, 6.45) is -4.84. The fourth-order valence-electron chi connectivity index (χ4n) is 2.45. The molecular formula is C18H18F3NO4S. The third kappa shape index (κ3) is 5.00. The van der Waals surface area contributed by atoms with Crippen molar-refractivity contribution in [3.05, 3.63) is 53.6 Å². The molecule has 1 atom stereocenters. The number of halogens is 3. The number of aryl methyl sites for hydroxylation is 1. The second kappa shape index (κ2) is 7.59. The first-order valence-corrected chi connectivity index (χ1v) is 9.41. The van der Waals surface area contributed by atoms with Gasteiger partial charge in [-0.2, -0.15) is 13.2 Å². The van der Waals surface area contributed by atoms with Crippen LogP contribution in [0.3, 0.4) is 0 Å². The predicted octanol–water partition coefficient (Wildman–Crippen LogP) is 3.14. The van der Waals surface area contributed by atoms with Crippen LogP contribution in [-0.2, 0) is 21.1 Å². The monoisotopic (exact) mass is 401 g/mol. The molecule has 0 bridgehead atoms. The van der Waals surface area contributed by atoms with E-state index in [2.05, 4.69) is 0 Å². The molecule has 27 heavy (non-hydrogen) atoms. The highest BCUT2D eigenvalue weighted by Crippen LogP contribution is 2.26. The summed E-state index contributed by atoms with van der Waals surface area (Å²) in [6, 6.07) is 8.83. The van der Waals surface area contributed by atoms with Gasteiger partial charge in [-0.25, -0.2) is 8.42 Å². The van der Waals surface area contributed by atoms with Crippen molar-refractivity contribution in [2.75, 3.05) is 0 Å². The van der Waals surface area contributed by atoms with Gasteiger partial charge in [0.15, 0.2) is 0 Å². The van der Waals surface area contributed by atoms with Crippen LogP contribution in [0.4, 0.5) is 13.2 Å². The van der Waals surface area contributed by atoms with Gasteiger partial charge in [-0.1, -0.05) is 12.1 Å². The largest absolute Gasteiger partial charge is 0.508 e. The van der Waals surface area contributed by atoms with Gasteiger partial charge in [0, 0.05) is 6.04 Å². The maximum atomic E-state index is 12.6. The zero-order valence-electron chi connectivity index (χ0n) is 14.5. The van der Waals surface area contributed by atoms with Gasteiger partial charge >= 0.3 is 12.1 Å². The number of phenols is 1. The average molecular weight is 401 g/mol. The third-order valence-corrected chi connectivity index (χ3v) is 5.66. The van der Waals surface area contributed by atoms with E-state index < -0.39 is 28.0 Å². The molecule has 2 aromatic rings. The normalized spacial score (nSPS) is 13.2. The summed E-state index contributed by atoms with van der Waals surface area (Å²) in [5, 5.41) is 11.4.